The van der Waals surface area contributed by atoms with Crippen molar-refractivity contribution in [2.24, 2.45) is 58.2 Å². The van der Waals surface area contributed by atoms with Gasteiger partial charge < -0.3 is 25.2 Å². The van der Waals surface area contributed by atoms with Crippen molar-refractivity contribution in [1.82, 2.24) is 0 Å². The van der Waals surface area contributed by atoms with E-state index >= 15 is 0 Å². The van der Waals surface area contributed by atoms with Crippen molar-refractivity contribution in [2.75, 3.05) is 6.61 Å². The average molecular weight is 481 g/mol. The summed E-state index contributed by atoms with van der Waals surface area (Å²) >= 11 is 0. The van der Waals surface area contributed by atoms with Crippen LogP contribution in [0.1, 0.15) is 80.1 Å². The Hall–Kier alpha value is -0.690. The Morgan fingerprint density at radius 1 is 0.912 bits per heavy atom. The molecule has 3 aliphatic carbocycles. The molecule has 0 radical (unpaired) electrons. The quantitative estimate of drug-likeness (QED) is 0.450. The molecule has 1 saturated heterocycles. The fourth-order valence-electron chi connectivity index (χ4n) is 8.95. The zero-order valence-electron chi connectivity index (χ0n) is 22.0. The van der Waals surface area contributed by atoms with Gasteiger partial charge in [-0.15, -0.1) is 0 Å². The summed E-state index contributed by atoms with van der Waals surface area (Å²) in [5.74, 6) is 0.948. The van der Waals surface area contributed by atoms with Gasteiger partial charge in [0.25, 0.3) is 0 Å². The average Bonchev–Trinajstić information content (AvgIpc) is 3.09. The Morgan fingerprint density at radius 2 is 1.56 bits per heavy atom. The highest BCUT2D eigenvalue weighted by atomic mass is 16.5. The third kappa shape index (κ3) is 4.05. The van der Waals surface area contributed by atoms with Gasteiger partial charge in [0.2, 0.25) is 0 Å². The molecule has 3 saturated carbocycles. The van der Waals surface area contributed by atoms with Crippen LogP contribution in [0.4, 0.5) is 0 Å². The number of hydrogen-bond donors (Lipinski definition) is 4. The van der Waals surface area contributed by atoms with Crippen molar-refractivity contribution in [3.8, 4) is 0 Å². The molecule has 0 spiro atoms. The molecule has 0 amide bonds. The van der Waals surface area contributed by atoms with Crippen LogP contribution in [0.3, 0.4) is 0 Å². The normalized spacial score (nSPS) is 48.1. The first kappa shape index (κ1) is 26.4. The van der Waals surface area contributed by atoms with Crippen molar-refractivity contribution in [1.29, 1.82) is 0 Å². The van der Waals surface area contributed by atoms with E-state index in [0.717, 1.165) is 25.7 Å². The van der Waals surface area contributed by atoms with Crippen LogP contribution >= 0.6 is 0 Å². The van der Waals surface area contributed by atoms with Gasteiger partial charge in [0.15, 0.2) is 0 Å². The minimum absolute atomic E-state index is 0.00827. The van der Waals surface area contributed by atoms with Gasteiger partial charge in [0.1, 0.15) is 0 Å². The summed E-state index contributed by atoms with van der Waals surface area (Å²) < 4.78 is 5.86. The van der Waals surface area contributed by atoms with Gasteiger partial charge in [-0.05, 0) is 90.8 Å². The first-order valence-corrected chi connectivity index (χ1v) is 13.7. The molecule has 6 heteroatoms. The lowest BCUT2D eigenvalue weighted by Gasteiger charge is -2.56. The first-order valence-electron chi connectivity index (χ1n) is 13.7. The summed E-state index contributed by atoms with van der Waals surface area (Å²) in [6.45, 7) is 13.2. The van der Waals surface area contributed by atoms with Gasteiger partial charge >= 0.3 is 5.97 Å². The Kier molecular flexibility index (Phi) is 7.23. The standard InChI is InChI=1S/C28H48O6/c1-14(2)15(3)24(31)25(32)16(4)18-7-8-19-17-13-34-26(33)21-11-22(29)23(30)12-28(21,6)20(17)9-10-27(18,19)5/h14-25,29-32H,7-13H2,1-6H3/t15-,16+,17+,18-,19?,20?,21-,22+,23-,24-,25-,27-,28-/m1/s1. The van der Waals surface area contributed by atoms with Crippen LogP contribution in [0.25, 0.3) is 0 Å². The number of fused-ring (bicyclic) bond motifs is 5. The first-order chi connectivity index (χ1) is 15.8. The van der Waals surface area contributed by atoms with E-state index in [1.807, 2.05) is 6.92 Å². The highest BCUT2D eigenvalue weighted by Crippen LogP contribution is 2.66. The summed E-state index contributed by atoms with van der Waals surface area (Å²) in [5.41, 5.74) is -0.345. The number of ether oxygens (including phenoxy) is 1. The van der Waals surface area contributed by atoms with E-state index in [1.54, 1.807) is 0 Å². The SMILES string of the molecule is CC(C)[C@@H](C)[C@@H](O)[C@H](O)[C@@H](C)[C@H]1CCC2[C@@H]3COC(=O)[C@H]4C[C@H](O)[C@H](O)C[C@]4(C)C3CC[C@@]21C. The fraction of sp³-hybridized carbons (Fsp3) is 0.964. The number of carbonyl (C=O) groups is 1. The number of rotatable bonds is 5. The molecule has 4 fully saturated rings. The van der Waals surface area contributed by atoms with Gasteiger partial charge in [-0.2, -0.15) is 0 Å². The van der Waals surface area contributed by atoms with Gasteiger partial charge in [-0.25, -0.2) is 0 Å². The van der Waals surface area contributed by atoms with Crippen molar-refractivity contribution in [3.63, 3.8) is 0 Å². The smallest absolute Gasteiger partial charge is 0.309 e. The second-order valence-electron chi connectivity index (χ2n) is 13.3. The van der Waals surface area contributed by atoms with Crippen molar-refractivity contribution < 1.29 is 30.0 Å². The Morgan fingerprint density at radius 3 is 2.21 bits per heavy atom. The van der Waals surface area contributed by atoms with E-state index < -0.39 is 24.4 Å². The third-order valence-electron chi connectivity index (χ3n) is 11.5. The molecule has 4 rings (SSSR count). The topological polar surface area (TPSA) is 107 Å². The summed E-state index contributed by atoms with van der Waals surface area (Å²) in [6, 6.07) is 0. The van der Waals surface area contributed by atoms with Gasteiger partial charge in [0.05, 0.1) is 36.9 Å². The molecule has 34 heavy (non-hydrogen) atoms. The molecule has 2 unspecified atom stereocenters. The predicted octanol–water partition coefficient (Wildman–Crippen LogP) is 3.39. The molecular formula is C28H48O6. The van der Waals surface area contributed by atoms with E-state index in [2.05, 4.69) is 34.6 Å². The number of carbonyl (C=O) groups excluding carboxylic acids is 1. The van der Waals surface area contributed by atoms with Crippen LogP contribution in [-0.4, -0.2) is 57.4 Å². The molecule has 196 valence electrons. The number of aliphatic hydroxyl groups excluding tert-OH is 4. The molecule has 1 heterocycles. The summed E-state index contributed by atoms with van der Waals surface area (Å²) in [6.07, 6.45) is 1.61. The second-order valence-corrected chi connectivity index (χ2v) is 13.3. The van der Waals surface area contributed by atoms with Crippen LogP contribution in [0.2, 0.25) is 0 Å². The van der Waals surface area contributed by atoms with Gasteiger partial charge in [-0.1, -0.05) is 41.5 Å². The molecule has 13 atom stereocenters. The lowest BCUT2D eigenvalue weighted by Crippen LogP contribution is -2.55. The molecule has 0 aromatic heterocycles. The number of hydrogen-bond acceptors (Lipinski definition) is 6. The second kappa shape index (κ2) is 9.32. The highest BCUT2D eigenvalue weighted by Gasteiger charge is 2.63. The van der Waals surface area contributed by atoms with Crippen LogP contribution in [0.5, 0.6) is 0 Å². The van der Waals surface area contributed by atoms with Crippen molar-refractivity contribution >= 4 is 5.97 Å². The Balaban J connectivity index is 1.58. The third-order valence-corrected chi connectivity index (χ3v) is 11.5. The van der Waals surface area contributed by atoms with Crippen molar-refractivity contribution in [2.45, 2.75) is 104 Å². The maximum Gasteiger partial charge on any atom is 0.309 e. The minimum Gasteiger partial charge on any atom is -0.465 e. The Bertz CT molecular complexity index is 755. The largest absolute Gasteiger partial charge is 0.465 e. The molecule has 4 aliphatic rings. The molecule has 4 N–H and O–H groups in total. The van der Waals surface area contributed by atoms with E-state index in [-0.39, 0.29) is 52.8 Å². The number of esters is 1. The van der Waals surface area contributed by atoms with Crippen molar-refractivity contribution in [3.05, 3.63) is 0 Å². The van der Waals surface area contributed by atoms with Gasteiger partial charge in [0, 0.05) is 0 Å². The Labute approximate surface area is 205 Å². The lowest BCUT2D eigenvalue weighted by atomic mass is 9.48. The zero-order chi connectivity index (χ0) is 25.2. The minimum atomic E-state index is -0.867. The maximum absolute atomic E-state index is 13.0. The van der Waals surface area contributed by atoms with E-state index in [4.69, 9.17) is 4.74 Å². The van der Waals surface area contributed by atoms with Crippen LogP contribution in [-0.2, 0) is 9.53 Å². The monoisotopic (exact) mass is 480 g/mol. The van der Waals surface area contributed by atoms with E-state index in [0.29, 0.717) is 30.8 Å². The van der Waals surface area contributed by atoms with Gasteiger partial charge in [-0.3, -0.25) is 4.79 Å². The van der Waals surface area contributed by atoms with E-state index in [9.17, 15) is 25.2 Å². The summed E-state index contributed by atoms with van der Waals surface area (Å²) in [7, 11) is 0. The predicted molar refractivity (Wildman–Crippen MR) is 130 cm³/mol. The molecule has 0 aromatic carbocycles. The van der Waals surface area contributed by atoms with Crippen LogP contribution in [0, 0.1) is 58.2 Å². The molecule has 6 nitrogen and oxygen atoms in total. The molecule has 0 aromatic rings. The van der Waals surface area contributed by atoms with Crippen LogP contribution < -0.4 is 0 Å². The lowest BCUT2D eigenvalue weighted by molar-refractivity contribution is -0.162. The fourth-order valence-corrected chi connectivity index (χ4v) is 8.95. The summed E-state index contributed by atoms with van der Waals surface area (Å²) in [4.78, 5) is 13.0. The number of aliphatic hydroxyl groups is 4. The summed E-state index contributed by atoms with van der Waals surface area (Å²) in [5, 5.41) is 42.9. The number of cyclic esters (lactones) is 1. The van der Waals surface area contributed by atoms with E-state index in [1.165, 1.54) is 0 Å². The molecular weight excluding hydrogens is 432 g/mol. The molecule has 0 bridgehead atoms. The maximum atomic E-state index is 13.0. The highest BCUT2D eigenvalue weighted by molar-refractivity contribution is 5.74. The molecule has 1 aliphatic heterocycles. The zero-order valence-corrected chi connectivity index (χ0v) is 22.0. The van der Waals surface area contributed by atoms with Crippen LogP contribution in [0.15, 0.2) is 0 Å².